The van der Waals surface area contributed by atoms with Crippen LogP contribution in [0.2, 0.25) is 0 Å². The Kier molecular flexibility index (Phi) is 12.0. The zero-order valence-corrected chi connectivity index (χ0v) is 28.9. The number of ether oxygens (including phenoxy) is 2. The highest BCUT2D eigenvalue weighted by Gasteiger charge is 2.54. The summed E-state index contributed by atoms with van der Waals surface area (Å²) in [4.78, 5) is 26.4. The predicted molar refractivity (Wildman–Crippen MR) is 203 cm³/mol. The number of hydrogen-bond donors (Lipinski definition) is 2. The summed E-state index contributed by atoms with van der Waals surface area (Å²) in [7, 11) is 0. The molecule has 0 bridgehead atoms. The van der Waals surface area contributed by atoms with E-state index in [4.69, 9.17) is 25.1 Å². The van der Waals surface area contributed by atoms with Gasteiger partial charge in [0, 0.05) is 58.5 Å². The molecule has 1 amide bonds. The Balaban J connectivity index is 1.48. The van der Waals surface area contributed by atoms with E-state index in [-0.39, 0.29) is 37.9 Å². The maximum Gasteiger partial charge on any atom is 0.252 e. The highest BCUT2D eigenvalue weighted by Crippen LogP contribution is 2.46. The van der Waals surface area contributed by atoms with Gasteiger partial charge in [0.05, 0.1) is 13.2 Å². The van der Waals surface area contributed by atoms with Gasteiger partial charge in [0.25, 0.3) is 5.91 Å². The van der Waals surface area contributed by atoms with E-state index in [1.807, 2.05) is 84.9 Å². The number of hydrogen-bond acceptors (Lipinski definition) is 7. The molecule has 266 valence electrons. The topological polar surface area (TPSA) is 178 Å². The van der Waals surface area contributed by atoms with Crippen LogP contribution in [0, 0.1) is 0 Å². The second kappa shape index (κ2) is 17.6. The minimum atomic E-state index is -1.61. The van der Waals surface area contributed by atoms with Crippen LogP contribution in [-0.4, -0.2) is 42.2 Å². The normalized spacial score (nSPS) is 16.1. The maximum atomic E-state index is 15.2. The monoisotopic (exact) mass is 706 g/mol. The number of amides is 1. The minimum absolute atomic E-state index is 0.0228. The predicted octanol–water partition coefficient (Wildman–Crippen LogP) is 8.65. The molecule has 0 fully saturated rings. The van der Waals surface area contributed by atoms with Gasteiger partial charge in [-0.3, -0.25) is 4.79 Å². The van der Waals surface area contributed by atoms with Crippen LogP contribution in [0.3, 0.4) is 0 Å². The lowest BCUT2D eigenvalue weighted by Crippen LogP contribution is -2.51. The SMILES string of the molecule is [N-]=[N+]=NCc1ccccc1C[C@@]1(C(=O)NCC(c2ccccc2)c2ccccc2)N=C(c2ccc(OCCCO)cc2)O[C@@H]1c1ccccc1N=[N+]=[N-]. The fourth-order valence-corrected chi connectivity index (χ4v) is 6.54. The summed E-state index contributed by atoms with van der Waals surface area (Å²) < 4.78 is 12.5. The number of aliphatic imine (C=N–C) groups is 1. The van der Waals surface area contributed by atoms with Crippen molar-refractivity contribution in [2.45, 2.75) is 36.9 Å². The summed E-state index contributed by atoms with van der Waals surface area (Å²) in [5.74, 6) is 0.259. The minimum Gasteiger partial charge on any atom is -0.494 e. The third-order valence-electron chi connectivity index (χ3n) is 9.15. The average molecular weight is 707 g/mol. The van der Waals surface area contributed by atoms with E-state index in [1.54, 1.807) is 48.5 Å². The van der Waals surface area contributed by atoms with Gasteiger partial charge in [-0.15, -0.1) is 0 Å². The van der Waals surface area contributed by atoms with Crippen LogP contribution in [0.15, 0.2) is 149 Å². The van der Waals surface area contributed by atoms with Gasteiger partial charge >= 0.3 is 0 Å². The Morgan fingerprint density at radius 1 is 0.849 bits per heavy atom. The maximum absolute atomic E-state index is 15.2. The molecule has 0 aromatic heterocycles. The molecule has 2 atom stereocenters. The molecule has 1 aliphatic rings. The van der Waals surface area contributed by atoms with E-state index in [2.05, 4.69) is 25.4 Å². The van der Waals surface area contributed by atoms with Gasteiger partial charge in [0.2, 0.25) is 5.90 Å². The second-order valence-electron chi connectivity index (χ2n) is 12.5. The number of carbonyl (C=O) groups excluding carboxylic acids is 1. The van der Waals surface area contributed by atoms with Crippen molar-refractivity contribution in [1.29, 1.82) is 0 Å². The first-order valence-corrected chi connectivity index (χ1v) is 17.3. The van der Waals surface area contributed by atoms with Crippen LogP contribution in [0.4, 0.5) is 5.69 Å². The first-order valence-electron chi connectivity index (χ1n) is 17.3. The number of aliphatic hydroxyl groups is 1. The van der Waals surface area contributed by atoms with E-state index < -0.39 is 17.6 Å². The first kappa shape index (κ1) is 36.2. The Morgan fingerprint density at radius 2 is 1.49 bits per heavy atom. The van der Waals surface area contributed by atoms with Crippen LogP contribution in [0.5, 0.6) is 5.75 Å². The lowest BCUT2D eigenvalue weighted by molar-refractivity contribution is -0.128. The molecule has 0 saturated heterocycles. The molecule has 53 heavy (non-hydrogen) atoms. The number of nitrogens with zero attached hydrogens (tertiary/aromatic N) is 7. The molecule has 1 heterocycles. The highest BCUT2D eigenvalue weighted by molar-refractivity contribution is 6.01. The van der Waals surface area contributed by atoms with Crippen LogP contribution >= 0.6 is 0 Å². The number of benzene rings is 5. The molecule has 12 nitrogen and oxygen atoms in total. The van der Waals surface area contributed by atoms with Gasteiger partial charge in [-0.25, -0.2) is 4.99 Å². The first-order chi connectivity index (χ1) is 26.1. The van der Waals surface area contributed by atoms with Crippen molar-refractivity contribution in [2.75, 3.05) is 19.8 Å². The zero-order chi connectivity index (χ0) is 36.9. The Bertz CT molecular complexity index is 2090. The number of aliphatic hydroxyl groups excluding tert-OH is 1. The van der Waals surface area contributed by atoms with E-state index in [1.165, 1.54) is 0 Å². The average Bonchev–Trinajstić information content (AvgIpc) is 3.59. The molecule has 2 N–H and O–H groups in total. The quantitative estimate of drug-likeness (QED) is 0.0452. The third-order valence-corrected chi connectivity index (χ3v) is 9.15. The van der Waals surface area contributed by atoms with Crippen molar-refractivity contribution in [1.82, 2.24) is 5.32 Å². The van der Waals surface area contributed by atoms with Crippen LogP contribution in [0.25, 0.3) is 20.9 Å². The summed E-state index contributed by atoms with van der Waals surface area (Å²) in [6, 6.07) is 41.6. The molecule has 1 aliphatic heterocycles. The molecule has 5 aromatic carbocycles. The van der Waals surface area contributed by atoms with Gasteiger partial charge < -0.3 is 19.9 Å². The van der Waals surface area contributed by atoms with Gasteiger partial charge in [0.15, 0.2) is 11.6 Å². The molecule has 0 unspecified atom stereocenters. The Labute approximate surface area is 307 Å². The van der Waals surface area contributed by atoms with Crippen molar-refractivity contribution < 1.29 is 19.4 Å². The standard InChI is InChI=1S/C41H38N8O4/c42-48-45-27-33-17-8-7-16-32(33)26-41(40(51)44-28-36(29-12-3-1-4-13-29)30-14-5-2-6-15-30)38(35-18-9-10-19-37(35)47-49-43)53-39(46-41)31-20-22-34(23-21-31)52-25-11-24-50/h1-10,12-23,36,38,50H,11,24-28H2,(H,44,51)/t38-,41-/m1/s1. The third kappa shape index (κ3) is 8.49. The molecular formula is C41H38N8O4. The lowest BCUT2D eigenvalue weighted by atomic mass is 9.80. The van der Waals surface area contributed by atoms with E-state index in [0.717, 1.165) is 22.3 Å². The number of nitrogens with one attached hydrogen (secondary N) is 1. The summed E-state index contributed by atoms with van der Waals surface area (Å²) in [6.07, 6.45) is -0.463. The van der Waals surface area contributed by atoms with Gasteiger partial charge in [-0.1, -0.05) is 119 Å². The number of azide groups is 2. The van der Waals surface area contributed by atoms with E-state index in [0.29, 0.717) is 35.6 Å². The molecule has 0 saturated carbocycles. The van der Waals surface area contributed by atoms with Crippen molar-refractivity contribution in [2.24, 2.45) is 15.2 Å². The van der Waals surface area contributed by atoms with Crippen LogP contribution in [0.1, 0.15) is 51.8 Å². The molecule has 6 rings (SSSR count). The molecule has 0 aliphatic carbocycles. The summed E-state index contributed by atoms with van der Waals surface area (Å²) in [5, 5.41) is 20.2. The van der Waals surface area contributed by atoms with Crippen molar-refractivity contribution in [3.05, 3.63) is 188 Å². The van der Waals surface area contributed by atoms with Gasteiger partial charge in [-0.2, -0.15) is 0 Å². The van der Waals surface area contributed by atoms with Crippen LogP contribution in [-0.2, 0) is 22.5 Å². The second-order valence-corrected chi connectivity index (χ2v) is 12.5. The molecule has 0 radical (unpaired) electrons. The molecule has 12 heteroatoms. The summed E-state index contributed by atoms with van der Waals surface area (Å²) >= 11 is 0. The van der Waals surface area contributed by atoms with Gasteiger partial charge in [-0.05, 0) is 57.6 Å². The highest BCUT2D eigenvalue weighted by atomic mass is 16.5. The van der Waals surface area contributed by atoms with Crippen LogP contribution < -0.4 is 10.1 Å². The number of rotatable bonds is 16. The number of carbonyl (C=O) groups is 1. The fraction of sp³-hybridized carbons (Fsp3) is 0.220. The van der Waals surface area contributed by atoms with Crippen molar-refractivity contribution in [3.8, 4) is 5.75 Å². The summed E-state index contributed by atoms with van der Waals surface area (Å²) in [6.45, 7) is 0.708. The van der Waals surface area contributed by atoms with Gasteiger partial charge in [0.1, 0.15) is 5.75 Å². The Morgan fingerprint density at radius 3 is 2.15 bits per heavy atom. The van der Waals surface area contributed by atoms with E-state index in [9.17, 15) is 5.53 Å². The Hall–Kier alpha value is -6.58. The molecular weight excluding hydrogens is 669 g/mol. The largest absolute Gasteiger partial charge is 0.494 e. The fourth-order valence-electron chi connectivity index (χ4n) is 6.54. The smallest absolute Gasteiger partial charge is 0.252 e. The lowest BCUT2D eigenvalue weighted by Gasteiger charge is -2.32. The zero-order valence-electron chi connectivity index (χ0n) is 28.9. The summed E-state index contributed by atoms with van der Waals surface area (Å²) in [5.41, 5.74) is 22.0. The van der Waals surface area contributed by atoms with Crippen molar-refractivity contribution >= 4 is 17.5 Å². The molecule has 5 aromatic rings. The van der Waals surface area contributed by atoms with E-state index >= 15 is 4.79 Å². The molecule has 0 spiro atoms. The van der Waals surface area contributed by atoms with Crippen molar-refractivity contribution in [3.63, 3.8) is 0 Å².